The fraction of sp³-hybridized carbons (Fsp3) is 0.158. The molecule has 6 nitrogen and oxygen atoms in total. The van der Waals surface area contributed by atoms with E-state index in [1.54, 1.807) is 28.8 Å². The first kappa shape index (κ1) is 19.5. The zero-order valence-corrected chi connectivity index (χ0v) is 16.7. The number of thiol groups is 1. The molecule has 0 fully saturated rings. The van der Waals surface area contributed by atoms with Crippen LogP contribution in [0, 0.1) is 11.6 Å². The highest BCUT2D eigenvalue weighted by atomic mass is 35.5. The topological polar surface area (TPSA) is 69.6 Å². The van der Waals surface area contributed by atoms with Gasteiger partial charge in [-0.15, -0.1) is 10.2 Å². The lowest BCUT2D eigenvalue weighted by Gasteiger charge is -2.10. The van der Waals surface area contributed by atoms with Crippen LogP contribution in [-0.2, 0) is 6.54 Å². The first-order valence-electron chi connectivity index (χ1n) is 8.63. The summed E-state index contributed by atoms with van der Waals surface area (Å²) in [4.78, 5) is 4.37. The largest absolute Gasteiger partial charge is 0.334 e. The average molecular weight is 434 g/mol. The van der Waals surface area contributed by atoms with E-state index in [0.29, 0.717) is 28.8 Å². The molecule has 29 heavy (non-hydrogen) atoms. The quantitative estimate of drug-likeness (QED) is 0.450. The third-order valence-corrected chi connectivity index (χ3v) is 4.92. The van der Waals surface area contributed by atoms with Crippen LogP contribution >= 0.6 is 24.2 Å². The molecule has 4 rings (SSSR count). The molecule has 0 saturated carbocycles. The Hall–Kier alpha value is -2.78. The minimum Gasteiger partial charge on any atom is -0.334 e. The highest BCUT2D eigenvalue weighted by Gasteiger charge is 2.25. The van der Waals surface area contributed by atoms with Crippen molar-refractivity contribution < 1.29 is 13.3 Å². The number of benzene rings is 2. The molecule has 10 heteroatoms. The molecule has 0 amide bonds. The van der Waals surface area contributed by atoms with Crippen LogP contribution in [0.15, 0.2) is 47.0 Å². The summed E-state index contributed by atoms with van der Waals surface area (Å²) in [5, 5.41) is 12.1. The number of hydrogen-bond acceptors (Lipinski definition) is 6. The third kappa shape index (κ3) is 3.88. The second-order valence-electron chi connectivity index (χ2n) is 6.15. The highest BCUT2D eigenvalue weighted by molar-refractivity contribution is 7.80. The van der Waals surface area contributed by atoms with Crippen molar-refractivity contribution in [1.29, 1.82) is 0 Å². The summed E-state index contributed by atoms with van der Waals surface area (Å²) in [6.45, 7) is 2.31. The van der Waals surface area contributed by atoms with Gasteiger partial charge in [0.2, 0.25) is 0 Å². The minimum absolute atomic E-state index is 0.274. The van der Waals surface area contributed by atoms with E-state index >= 15 is 0 Å². The second kappa shape index (κ2) is 7.92. The Morgan fingerprint density at radius 2 is 1.86 bits per heavy atom. The molecule has 1 atom stereocenters. The SMILES string of the molecule is CCn1c(-c2cc(F)cc(F)c2)nnc1C(S)c1noc(-c2cccc(Cl)c2)n1. The molecule has 0 saturated heterocycles. The Bertz CT molecular complexity index is 1160. The van der Waals surface area contributed by atoms with Gasteiger partial charge in [-0.05, 0) is 37.3 Å². The molecule has 0 aliphatic heterocycles. The molecular formula is C19H14ClF2N5OS. The molecule has 1 unspecified atom stereocenters. The fourth-order valence-electron chi connectivity index (χ4n) is 2.93. The molecule has 4 aromatic rings. The van der Waals surface area contributed by atoms with E-state index in [9.17, 15) is 8.78 Å². The number of halogens is 3. The lowest BCUT2D eigenvalue weighted by Crippen LogP contribution is -2.08. The van der Waals surface area contributed by atoms with Gasteiger partial charge in [0.15, 0.2) is 17.5 Å². The molecule has 0 aliphatic carbocycles. The summed E-state index contributed by atoms with van der Waals surface area (Å²) < 4.78 is 34.3. The molecular weight excluding hydrogens is 420 g/mol. The minimum atomic E-state index is -0.695. The Kier molecular flexibility index (Phi) is 5.33. The maximum atomic E-state index is 13.6. The zero-order chi connectivity index (χ0) is 20.5. The van der Waals surface area contributed by atoms with E-state index < -0.39 is 16.9 Å². The van der Waals surface area contributed by atoms with Gasteiger partial charge in [-0.25, -0.2) is 8.78 Å². The smallest absolute Gasteiger partial charge is 0.258 e. The standard InChI is InChI=1S/C19H14ClF2N5OS/c1-2-27-17(11-7-13(21)9-14(22)8-11)24-25-18(27)15(29)16-23-19(28-26-16)10-4-3-5-12(20)6-10/h3-9,15,29H,2H2,1H3. The van der Waals surface area contributed by atoms with Crippen LogP contribution in [0.25, 0.3) is 22.8 Å². The van der Waals surface area contributed by atoms with Crippen molar-refractivity contribution in [3.8, 4) is 22.8 Å². The van der Waals surface area contributed by atoms with Gasteiger partial charge in [0.1, 0.15) is 16.9 Å². The van der Waals surface area contributed by atoms with Gasteiger partial charge in [-0.3, -0.25) is 0 Å². The van der Waals surface area contributed by atoms with Crippen molar-refractivity contribution in [1.82, 2.24) is 24.9 Å². The van der Waals surface area contributed by atoms with E-state index in [0.717, 1.165) is 6.07 Å². The van der Waals surface area contributed by atoms with Crippen LogP contribution in [0.2, 0.25) is 5.02 Å². The zero-order valence-electron chi connectivity index (χ0n) is 15.1. The van der Waals surface area contributed by atoms with Gasteiger partial charge in [-0.1, -0.05) is 22.8 Å². The number of nitrogens with zero attached hydrogens (tertiary/aromatic N) is 5. The fourth-order valence-corrected chi connectivity index (χ4v) is 3.41. The van der Waals surface area contributed by atoms with E-state index in [1.807, 2.05) is 6.92 Å². The molecule has 2 heterocycles. The first-order chi connectivity index (χ1) is 14.0. The van der Waals surface area contributed by atoms with E-state index in [4.69, 9.17) is 16.1 Å². The van der Waals surface area contributed by atoms with E-state index in [1.165, 1.54) is 12.1 Å². The van der Waals surface area contributed by atoms with Gasteiger partial charge < -0.3 is 9.09 Å². The van der Waals surface area contributed by atoms with Crippen molar-refractivity contribution in [3.63, 3.8) is 0 Å². The lowest BCUT2D eigenvalue weighted by atomic mass is 10.2. The van der Waals surface area contributed by atoms with Crippen molar-refractivity contribution in [3.05, 3.63) is 70.8 Å². The molecule has 2 aromatic heterocycles. The van der Waals surface area contributed by atoms with Crippen LogP contribution in [0.3, 0.4) is 0 Å². The van der Waals surface area contributed by atoms with Gasteiger partial charge in [-0.2, -0.15) is 17.6 Å². The van der Waals surface area contributed by atoms with Gasteiger partial charge in [0.25, 0.3) is 5.89 Å². The predicted octanol–water partition coefficient (Wildman–Crippen LogP) is 4.97. The van der Waals surface area contributed by atoms with E-state index in [-0.39, 0.29) is 17.3 Å². The summed E-state index contributed by atoms with van der Waals surface area (Å²) in [5.74, 6) is -0.0794. The van der Waals surface area contributed by atoms with Crippen LogP contribution in [0.5, 0.6) is 0 Å². The third-order valence-electron chi connectivity index (χ3n) is 4.22. The molecule has 0 radical (unpaired) electrons. The van der Waals surface area contributed by atoms with Crippen LogP contribution in [-0.4, -0.2) is 24.9 Å². The number of aromatic nitrogens is 5. The van der Waals surface area contributed by atoms with Crippen molar-refractivity contribution >= 4 is 24.2 Å². The van der Waals surface area contributed by atoms with Crippen LogP contribution in [0.1, 0.15) is 23.8 Å². The van der Waals surface area contributed by atoms with E-state index in [2.05, 4.69) is 33.0 Å². The normalized spacial score (nSPS) is 12.3. The van der Waals surface area contributed by atoms with Gasteiger partial charge >= 0.3 is 0 Å². The Morgan fingerprint density at radius 3 is 2.55 bits per heavy atom. The molecule has 0 spiro atoms. The molecule has 0 aliphatic rings. The molecule has 0 N–H and O–H groups in total. The first-order valence-corrected chi connectivity index (χ1v) is 9.53. The Balaban J connectivity index is 1.69. The van der Waals surface area contributed by atoms with Crippen molar-refractivity contribution in [2.75, 3.05) is 0 Å². The van der Waals surface area contributed by atoms with Crippen LogP contribution in [0.4, 0.5) is 8.78 Å². The summed E-state index contributed by atoms with van der Waals surface area (Å²) in [5.41, 5.74) is 0.945. The monoisotopic (exact) mass is 433 g/mol. The van der Waals surface area contributed by atoms with Crippen molar-refractivity contribution in [2.45, 2.75) is 18.7 Å². The molecule has 148 valence electrons. The van der Waals surface area contributed by atoms with Crippen molar-refractivity contribution in [2.24, 2.45) is 0 Å². The lowest BCUT2D eigenvalue weighted by molar-refractivity contribution is 0.422. The Morgan fingerprint density at radius 1 is 1.10 bits per heavy atom. The number of hydrogen-bond donors (Lipinski definition) is 1. The molecule has 0 bridgehead atoms. The summed E-state index contributed by atoms with van der Waals surface area (Å²) in [6.07, 6.45) is 0. The maximum absolute atomic E-state index is 13.6. The van der Waals surface area contributed by atoms with Gasteiger partial charge in [0, 0.05) is 28.8 Å². The predicted molar refractivity (Wildman–Crippen MR) is 107 cm³/mol. The van der Waals surface area contributed by atoms with Gasteiger partial charge in [0.05, 0.1) is 0 Å². The second-order valence-corrected chi connectivity index (χ2v) is 7.11. The summed E-state index contributed by atoms with van der Waals surface area (Å²) in [7, 11) is 0. The maximum Gasteiger partial charge on any atom is 0.258 e. The highest BCUT2D eigenvalue weighted by Crippen LogP contribution is 2.30. The average Bonchev–Trinajstić information content (AvgIpc) is 3.34. The Labute approximate surface area is 174 Å². The number of rotatable bonds is 5. The summed E-state index contributed by atoms with van der Waals surface area (Å²) in [6, 6.07) is 10.2. The van der Waals surface area contributed by atoms with Crippen LogP contribution < -0.4 is 0 Å². The summed E-state index contributed by atoms with van der Waals surface area (Å²) >= 11 is 10.6. The molecule has 2 aromatic carbocycles.